The zero-order chi connectivity index (χ0) is 26.7. The second kappa shape index (κ2) is 11.1. The molecule has 0 aliphatic carbocycles. The molecule has 0 bridgehead atoms. The number of anilines is 1. The molecule has 1 amide bonds. The Morgan fingerprint density at radius 3 is 2.58 bits per heavy atom. The van der Waals surface area contributed by atoms with E-state index in [9.17, 15) is 26.7 Å². The SMILES string of the molecule is COCCNCc1cc(NC(=O)[C@H]2O[C@](C)(C(F)(F)F)[C@H](C)[C@@H]2c2ccc(F)c(F)c2OC)ccn1. The van der Waals surface area contributed by atoms with Crippen LogP contribution in [0.1, 0.15) is 31.0 Å². The van der Waals surface area contributed by atoms with Crippen LogP contribution in [0.3, 0.4) is 0 Å². The summed E-state index contributed by atoms with van der Waals surface area (Å²) >= 11 is 0. The van der Waals surface area contributed by atoms with Gasteiger partial charge in [-0.3, -0.25) is 9.78 Å². The van der Waals surface area contributed by atoms with Gasteiger partial charge < -0.3 is 24.8 Å². The Bertz CT molecular complexity index is 1080. The number of benzene rings is 1. The molecule has 1 aliphatic rings. The molecule has 1 saturated heterocycles. The molecule has 1 aromatic heterocycles. The lowest BCUT2D eigenvalue weighted by molar-refractivity contribution is -0.272. The van der Waals surface area contributed by atoms with Gasteiger partial charge in [0.05, 0.1) is 19.4 Å². The van der Waals surface area contributed by atoms with E-state index in [1.54, 1.807) is 13.2 Å². The van der Waals surface area contributed by atoms with E-state index in [1.807, 2.05) is 0 Å². The van der Waals surface area contributed by atoms with E-state index in [1.165, 1.54) is 19.2 Å². The first-order valence-electron chi connectivity index (χ1n) is 11.2. The lowest BCUT2D eigenvalue weighted by Gasteiger charge is -2.32. The maximum absolute atomic E-state index is 14.5. The van der Waals surface area contributed by atoms with Gasteiger partial charge in [-0.1, -0.05) is 13.0 Å². The van der Waals surface area contributed by atoms with Gasteiger partial charge in [0.25, 0.3) is 5.91 Å². The average molecular weight is 517 g/mol. The van der Waals surface area contributed by atoms with Crippen molar-refractivity contribution in [2.75, 3.05) is 32.7 Å². The van der Waals surface area contributed by atoms with Crippen LogP contribution in [-0.4, -0.2) is 56.1 Å². The first-order chi connectivity index (χ1) is 16.9. The third kappa shape index (κ3) is 5.45. The molecule has 12 heteroatoms. The quantitative estimate of drug-likeness (QED) is 0.384. The van der Waals surface area contributed by atoms with Crippen LogP contribution in [0, 0.1) is 17.6 Å². The molecule has 4 atom stereocenters. The predicted molar refractivity (Wildman–Crippen MR) is 121 cm³/mol. The Balaban J connectivity index is 1.94. The number of pyridine rings is 1. The van der Waals surface area contributed by atoms with Gasteiger partial charge in [-0.05, 0) is 25.1 Å². The molecular formula is C24H28F5N3O4. The number of methoxy groups -OCH3 is 2. The normalized spacial score (nSPS) is 24.1. The molecule has 1 fully saturated rings. The third-order valence-corrected chi connectivity index (χ3v) is 6.44. The van der Waals surface area contributed by atoms with E-state index in [0.29, 0.717) is 25.4 Å². The fourth-order valence-corrected chi connectivity index (χ4v) is 4.30. The Labute approximate surface area is 205 Å². The molecule has 198 valence electrons. The zero-order valence-corrected chi connectivity index (χ0v) is 20.2. The number of halogens is 5. The lowest BCUT2D eigenvalue weighted by Crippen LogP contribution is -2.47. The maximum atomic E-state index is 14.5. The topological polar surface area (TPSA) is 81.7 Å². The molecule has 0 saturated carbocycles. The molecule has 1 aromatic carbocycles. The Kier molecular flexibility index (Phi) is 8.52. The first kappa shape index (κ1) is 27.8. The monoisotopic (exact) mass is 517 g/mol. The van der Waals surface area contributed by atoms with Crippen molar-refractivity contribution in [1.29, 1.82) is 0 Å². The van der Waals surface area contributed by atoms with E-state index in [-0.39, 0.29) is 11.3 Å². The maximum Gasteiger partial charge on any atom is 0.417 e. The number of rotatable bonds is 9. The van der Waals surface area contributed by atoms with Gasteiger partial charge in [-0.2, -0.15) is 17.6 Å². The summed E-state index contributed by atoms with van der Waals surface area (Å²) in [6.07, 6.45) is -5.08. The van der Waals surface area contributed by atoms with Crippen molar-refractivity contribution in [3.8, 4) is 5.75 Å². The minimum absolute atomic E-state index is 0.102. The van der Waals surface area contributed by atoms with Crippen molar-refractivity contribution in [2.24, 2.45) is 5.92 Å². The highest BCUT2D eigenvalue weighted by Crippen LogP contribution is 2.55. The minimum atomic E-state index is -4.84. The molecule has 2 aromatic rings. The molecule has 0 unspecified atom stereocenters. The van der Waals surface area contributed by atoms with Crippen LogP contribution in [0.5, 0.6) is 5.75 Å². The van der Waals surface area contributed by atoms with Gasteiger partial charge in [-0.25, -0.2) is 4.39 Å². The van der Waals surface area contributed by atoms with Crippen molar-refractivity contribution < 1.29 is 41.0 Å². The summed E-state index contributed by atoms with van der Waals surface area (Å²) in [5.74, 6) is -6.68. The summed E-state index contributed by atoms with van der Waals surface area (Å²) in [6.45, 7) is 3.50. The molecule has 0 spiro atoms. The Morgan fingerprint density at radius 2 is 1.94 bits per heavy atom. The number of hydrogen-bond acceptors (Lipinski definition) is 6. The van der Waals surface area contributed by atoms with Crippen molar-refractivity contribution in [1.82, 2.24) is 10.3 Å². The van der Waals surface area contributed by atoms with Crippen LogP contribution < -0.4 is 15.4 Å². The summed E-state index contributed by atoms with van der Waals surface area (Å²) < 4.78 is 85.7. The number of aromatic nitrogens is 1. The number of ether oxygens (including phenoxy) is 3. The Hall–Kier alpha value is -2.83. The number of nitrogens with one attached hydrogen (secondary N) is 2. The van der Waals surface area contributed by atoms with Crippen molar-refractivity contribution >= 4 is 11.6 Å². The lowest BCUT2D eigenvalue weighted by atomic mass is 9.77. The van der Waals surface area contributed by atoms with Crippen LogP contribution in [0.15, 0.2) is 30.5 Å². The number of hydrogen-bond donors (Lipinski definition) is 2. The van der Waals surface area contributed by atoms with E-state index in [0.717, 1.165) is 26.2 Å². The number of alkyl halides is 3. The Morgan fingerprint density at radius 1 is 1.22 bits per heavy atom. The largest absolute Gasteiger partial charge is 0.493 e. The number of nitrogens with zero attached hydrogens (tertiary/aromatic N) is 1. The van der Waals surface area contributed by atoms with Gasteiger partial charge in [0, 0.05) is 49.5 Å². The summed E-state index contributed by atoms with van der Waals surface area (Å²) in [5.41, 5.74) is -1.98. The molecular weight excluding hydrogens is 489 g/mol. The second-order valence-electron chi connectivity index (χ2n) is 8.64. The van der Waals surface area contributed by atoms with E-state index in [4.69, 9.17) is 14.2 Å². The van der Waals surface area contributed by atoms with E-state index < -0.39 is 53.0 Å². The van der Waals surface area contributed by atoms with Crippen molar-refractivity contribution in [3.05, 3.63) is 53.4 Å². The highest BCUT2D eigenvalue weighted by molar-refractivity contribution is 5.95. The summed E-state index contributed by atoms with van der Waals surface area (Å²) in [6, 6.07) is 4.93. The molecule has 2 heterocycles. The van der Waals surface area contributed by atoms with Crippen LogP contribution >= 0.6 is 0 Å². The van der Waals surface area contributed by atoms with E-state index in [2.05, 4.69) is 15.6 Å². The van der Waals surface area contributed by atoms with Gasteiger partial charge >= 0.3 is 6.18 Å². The average Bonchev–Trinajstić information content (AvgIpc) is 3.10. The number of carbonyl (C=O) groups is 1. The van der Waals surface area contributed by atoms with Crippen LogP contribution in [0.2, 0.25) is 0 Å². The molecule has 7 nitrogen and oxygen atoms in total. The van der Waals surface area contributed by atoms with Crippen molar-refractivity contribution in [3.63, 3.8) is 0 Å². The van der Waals surface area contributed by atoms with Gasteiger partial charge in [-0.15, -0.1) is 0 Å². The molecule has 36 heavy (non-hydrogen) atoms. The smallest absolute Gasteiger partial charge is 0.417 e. The fraction of sp³-hybridized carbons (Fsp3) is 0.500. The van der Waals surface area contributed by atoms with Crippen LogP contribution in [0.25, 0.3) is 0 Å². The predicted octanol–water partition coefficient (Wildman–Crippen LogP) is 4.18. The van der Waals surface area contributed by atoms with Gasteiger partial charge in [0.2, 0.25) is 5.82 Å². The van der Waals surface area contributed by atoms with Crippen LogP contribution in [-0.2, 0) is 20.8 Å². The van der Waals surface area contributed by atoms with Gasteiger partial charge in [0.15, 0.2) is 17.2 Å². The van der Waals surface area contributed by atoms with Gasteiger partial charge in [0.1, 0.15) is 6.10 Å². The van der Waals surface area contributed by atoms with Crippen molar-refractivity contribution in [2.45, 2.75) is 44.2 Å². The summed E-state index contributed by atoms with van der Waals surface area (Å²) in [7, 11) is 2.63. The second-order valence-corrected chi connectivity index (χ2v) is 8.64. The third-order valence-electron chi connectivity index (χ3n) is 6.44. The number of carbonyl (C=O) groups excluding carboxylic acids is 1. The van der Waals surface area contributed by atoms with Crippen LogP contribution in [0.4, 0.5) is 27.6 Å². The van der Waals surface area contributed by atoms with E-state index >= 15 is 0 Å². The minimum Gasteiger partial charge on any atom is -0.493 e. The standard InChI is InChI=1S/C24H28F5N3O4/c1-13-18(16-5-6-17(25)19(26)20(16)35-4)21(36-23(13,2)24(27,28)29)22(33)32-14-7-8-31-15(11-14)12-30-9-10-34-3/h5-8,11,13,18,21,30H,9-10,12H2,1-4H3,(H,31,32,33)/t13-,18-,21+,23+/m1/s1. The summed E-state index contributed by atoms with van der Waals surface area (Å²) in [4.78, 5) is 17.4. The molecule has 1 aliphatic heterocycles. The molecule has 0 radical (unpaired) electrons. The summed E-state index contributed by atoms with van der Waals surface area (Å²) in [5, 5.41) is 5.66. The molecule has 2 N–H and O–H groups in total. The molecule has 3 rings (SSSR count). The zero-order valence-electron chi connectivity index (χ0n) is 20.2. The highest BCUT2D eigenvalue weighted by Gasteiger charge is 2.65. The first-order valence-corrected chi connectivity index (χ1v) is 11.2. The fourth-order valence-electron chi connectivity index (χ4n) is 4.30. The number of amides is 1. The highest BCUT2D eigenvalue weighted by atomic mass is 19.4.